The average molecular weight is 385 g/mol. The molecule has 1 amide bonds. The van der Waals surface area contributed by atoms with Gasteiger partial charge < -0.3 is 14.5 Å². The lowest BCUT2D eigenvalue weighted by Crippen LogP contribution is -2.31. The van der Waals surface area contributed by atoms with Gasteiger partial charge in [0.1, 0.15) is 5.69 Å². The Hall–Kier alpha value is -2.41. The van der Waals surface area contributed by atoms with Crippen molar-refractivity contribution >= 4 is 28.7 Å². The van der Waals surface area contributed by atoms with Crippen molar-refractivity contribution in [2.24, 2.45) is 0 Å². The van der Waals surface area contributed by atoms with E-state index < -0.39 is 5.97 Å². The molecule has 4 rings (SSSR count). The van der Waals surface area contributed by atoms with Gasteiger partial charge in [-0.15, -0.1) is 0 Å². The van der Waals surface area contributed by atoms with Gasteiger partial charge in [-0.05, 0) is 76.6 Å². The van der Waals surface area contributed by atoms with Crippen molar-refractivity contribution in [3.05, 3.63) is 22.6 Å². The third kappa shape index (κ3) is 3.51. The van der Waals surface area contributed by atoms with Crippen LogP contribution in [0.4, 0.5) is 5.69 Å². The zero-order valence-corrected chi connectivity index (χ0v) is 16.6. The molecule has 1 aliphatic carbocycles. The number of nitrogens with one attached hydrogen (secondary N) is 1. The van der Waals surface area contributed by atoms with Gasteiger partial charge in [0.2, 0.25) is 17.4 Å². The van der Waals surface area contributed by atoms with Crippen molar-refractivity contribution in [3.8, 4) is 0 Å². The van der Waals surface area contributed by atoms with Gasteiger partial charge in [0, 0.05) is 5.69 Å². The van der Waals surface area contributed by atoms with E-state index >= 15 is 0 Å². The predicted octanol–water partition coefficient (Wildman–Crippen LogP) is 3.23. The second-order valence-corrected chi connectivity index (χ2v) is 7.60. The van der Waals surface area contributed by atoms with E-state index in [9.17, 15) is 9.59 Å². The van der Waals surface area contributed by atoms with Gasteiger partial charge in [0.05, 0.1) is 18.5 Å². The van der Waals surface area contributed by atoms with Gasteiger partial charge in [-0.2, -0.15) is 0 Å². The number of furan rings is 1. The Labute approximate surface area is 164 Å². The Morgan fingerprint density at radius 1 is 1.14 bits per heavy atom. The molecule has 0 radical (unpaired) electrons. The van der Waals surface area contributed by atoms with Crippen LogP contribution in [0.3, 0.4) is 0 Å². The van der Waals surface area contributed by atoms with Gasteiger partial charge in [0.25, 0.3) is 0 Å². The Kier molecular flexibility index (Phi) is 5.35. The number of rotatable bonds is 5. The van der Waals surface area contributed by atoms with Gasteiger partial charge in [0.15, 0.2) is 0 Å². The number of amides is 1. The highest BCUT2D eigenvalue weighted by atomic mass is 16.5. The number of hydrogen-bond donors (Lipinski definition) is 1. The normalized spacial score (nSPS) is 16.9. The molecule has 0 aromatic carbocycles. The van der Waals surface area contributed by atoms with E-state index in [1.807, 2.05) is 6.92 Å². The lowest BCUT2D eigenvalue weighted by Gasteiger charge is -2.19. The number of hydrogen-bond acceptors (Lipinski definition) is 6. The minimum Gasteiger partial charge on any atom is -0.460 e. The lowest BCUT2D eigenvalue weighted by atomic mass is 9.89. The zero-order valence-electron chi connectivity index (χ0n) is 16.6. The first-order chi connectivity index (χ1) is 13.6. The Bertz CT molecular complexity index is 912. The maximum absolute atomic E-state index is 12.7. The predicted molar refractivity (Wildman–Crippen MR) is 106 cm³/mol. The highest BCUT2D eigenvalue weighted by molar-refractivity contribution is 6.10. The number of carbonyl (C=O) groups excluding carboxylic acids is 2. The topological polar surface area (TPSA) is 84.7 Å². The van der Waals surface area contributed by atoms with Gasteiger partial charge >= 0.3 is 5.97 Å². The third-order valence-electron chi connectivity index (χ3n) is 5.66. The minimum absolute atomic E-state index is 0.0393. The van der Waals surface area contributed by atoms with E-state index in [0.717, 1.165) is 68.3 Å². The van der Waals surface area contributed by atoms with E-state index in [0.29, 0.717) is 17.9 Å². The number of aromatic nitrogens is 1. The number of aryl methyl sites for hydroxylation is 2. The van der Waals surface area contributed by atoms with Crippen molar-refractivity contribution in [1.82, 2.24) is 9.88 Å². The minimum atomic E-state index is -0.570. The first-order valence-electron chi connectivity index (χ1n) is 10.2. The monoisotopic (exact) mass is 385 g/mol. The molecule has 2 aromatic rings. The van der Waals surface area contributed by atoms with E-state index in [1.165, 1.54) is 5.56 Å². The summed E-state index contributed by atoms with van der Waals surface area (Å²) in [6.07, 6.45) is 6.30. The Morgan fingerprint density at radius 3 is 2.57 bits per heavy atom. The first kappa shape index (κ1) is 18.9. The molecule has 2 aromatic heterocycles. The summed E-state index contributed by atoms with van der Waals surface area (Å²) < 4.78 is 11.0. The summed E-state index contributed by atoms with van der Waals surface area (Å²) in [7, 11) is 0. The van der Waals surface area contributed by atoms with E-state index in [2.05, 4.69) is 15.2 Å². The van der Waals surface area contributed by atoms with Crippen molar-refractivity contribution in [2.75, 3.05) is 31.6 Å². The molecule has 0 atom stereocenters. The Balaban J connectivity index is 1.77. The maximum atomic E-state index is 12.7. The number of nitrogens with zero attached hydrogens (tertiary/aromatic N) is 2. The second-order valence-electron chi connectivity index (χ2n) is 7.60. The van der Waals surface area contributed by atoms with Crippen molar-refractivity contribution in [3.63, 3.8) is 0 Å². The third-order valence-corrected chi connectivity index (χ3v) is 5.66. The van der Waals surface area contributed by atoms with Crippen molar-refractivity contribution in [1.29, 1.82) is 0 Å². The van der Waals surface area contributed by atoms with E-state index in [4.69, 9.17) is 9.15 Å². The summed E-state index contributed by atoms with van der Waals surface area (Å²) >= 11 is 0. The van der Waals surface area contributed by atoms with Gasteiger partial charge in [-0.1, -0.05) is 0 Å². The van der Waals surface area contributed by atoms with E-state index in [1.54, 1.807) is 6.92 Å². The van der Waals surface area contributed by atoms with Crippen molar-refractivity contribution in [2.45, 2.75) is 52.4 Å². The molecule has 0 spiro atoms. The molecule has 150 valence electrons. The summed E-state index contributed by atoms with van der Waals surface area (Å²) in [5.74, 6) is -0.669. The number of fused-ring (bicyclic) bond motifs is 3. The molecule has 2 aliphatic rings. The first-order valence-corrected chi connectivity index (χ1v) is 10.2. The zero-order chi connectivity index (χ0) is 19.7. The van der Waals surface area contributed by atoms with Crippen LogP contribution in [0.2, 0.25) is 0 Å². The van der Waals surface area contributed by atoms with Crippen LogP contribution in [0.25, 0.3) is 11.1 Å². The molecule has 1 N–H and O–H groups in total. The quantitative estimate of drug-likeness (QED) is 0.796. The summed E-state index contributed by atoms with van der Waals surface area (Å²) in [5, 5.41) is 3.72. The number of pyridine rings is 1. The molecule has 3 heterocycles. The second kappa shape index (κ2) is 7.91. The summed E-state index contributed by atoms with van der Waals surface area (Å²) in [4.78, 5) is 31.9. The fraction of sp³-hybridized carbons (Fsp3) is 0.571. The molecular weight excluding hydrogens is 358 g/mol. The van der Waals surface area contributed by atoms with Gasteiger partial charge in [-0.25, -0.2) is 9.78 Å². The molecule has 0 saturated carbocycles. The highest BCUT2D eigenvalue weighted by Gasteiger charge is 2.29. The summed E-state index contributed by atoms with van der Waals surface area (Å²) in [5.41, 5.74) is 4.11. The molecule has 0 bridgehead atoms. The van der Waals surface area contributed by atoms with Crippen LogP contribution in [-0.4, -0.2) is 48.0 Å². The van der Waals surface area contributed by atoms with Crippen LogP contribution in [-0.2, 0) is 22.4 Å². The highest BCUT2D eigenvalue weighted by Crippen LogP contribution is 2.38. The van der Waals surface area contributed by atoms with Crippen molar-refractivity contribution < 1.29 is 18.7 Å². The Morgan fingerprint density at radius 2 is 1.86 bits per heavy atom. The number of likely N-dealkylation sites (tertiary alicyclic amines) is 1. The van der Waals surface area contributed by atoms with Gasteiger partial charge in [-0.3, -0.25) is 9.69 Å². The van der Waals surface area contributed by atoms with Crippen LogP contribution in [0.5, 0.6) is 0 Å². The number of ether oxygens (including phenoxy) is 1. The fourth-order valence-electron chi connectivity index (χ4n) is 4.36. The summed E-state index contributed by atoms with van der Waals surface area (Å²) in [6, 6.07) is 0. The lowest BCUT2D eigenvalue weighted by molar-refractivity contribution is -0.117. The molecule has 7 heteroatoms. The van der Waals surface area contributed by atoms with Crippen LogP contribution in [0.1, 0.15) is 60.0 Å². The number of esters is 1. The number of anilines is 1. The largest absolute Gasteiger partial charge is 0.460 e. The smallest absolute Gasteiger partial charge is 0.376 e. The molecule has 1 fully saturated rings. The van der Waals surface area contributed by atoms with E-state index in [-0.39, 0.29) is 18.3 Å². The molecule has 1 aliphatic heterocycles. The molecule has 0 unspecified atom stereocenters. The standard InChI is InChI=1S/C21H27N3O4/c1-3-27-21(26)19-18(23-16(25)12-24-10-6-7-11-24)17-15-9-5-4-8-14(15)13(2)22-20(17)28-19/h3-12H2,1-2H3,(H,23,25). The van der Waals surface area contributed by atoms with Crippen LogP contribution in [0.15, 0.2) is 4.42 Å². The number of carbonyl (C=O) groups is 2. The average Bonchev–Trinajstić information content (AvgIpc) is 3.30. The molecule has 1 saturated heterocycles. The van der Waals surface area contributed by atoms with Crippen LogP contribution < -0.4 is 5.32 Å². The molecule has 28 heavy (non-hydrogen) atoms. The van der Waals surface area contributed by atoms with Crippen LogP contribution >= 0.6 is 0 Å². The maximum Gasteiger partial charge on any atom is 0.376 e. The molecule has 7 nitrogen and oxygen atoms in total. The molecular formula is C21H27N3O4. The SMILES string of the molecule is CCOC(=O)c1oc2nc(C)c3c(c2c1NC(=O)CN1CCCC1)CCCC3. The van der Waals surface area contributed by atoms with Crippen LogP contribution in [0, 0.1) is 6.92 Å². The summed E-state index contributed by atoms with van der Waals surface area (Å²) in [6.45, 7) is 6.14. The fourth-order valence-corrected chi connectivity index (χ4v) is 4.36.